The Morgan fingerprint density at radius 3 is 2.64 bits per heavy atom. The van der Waals surface area contributed by atoms with Gasteiger partial charge >= 0.3 is 0 Å². The van der Waals surface area contributed by atoms with Crippen LogP contribution in [0.3, 0.4) is 0 Å². The molecule has 2 aliphatic heterocycles. The maximum atomic E-state index is 12.8. The Bertz CT molecular complexity index is 895. The summed E-state index contributed by atoms with van der Waals surface area (Å²) in [6.07, 6.45) is 1.69. The van der Waals surface area contributed by atoms with Gasteiger partial charge < -0.3 is 19.5 Å². The maximum Gasteiger partial charge on any atom is 0.281 e. The number of hydrogen-bond donors (Lipinski definition) is 1. The minimum atomic E-state index is -0.226. The monoisotopic (exact) mass is 354 g/mol. The average Bonchev–Trinajstić information content (AvgIpc) is 3.19. The predicted molar refractivity (Wildman–Crippen MR) is 96.8 cm³/mol. The predicted octanol–water partition coefficient (Wildman–Crippen LogP) is 2.69. The Balaban J connectivity index is 1.71. The topological polar surface area (TPSA) is 60.0 Å². The standard InChI is InChI=1S/C18H14N2O4S/c1-22-14-9-16-15(23-10-24-16)8-11(14)7-13-17(21)20(18(25)19-13)12-5-3-2-4-6-12/h2-9H,10H2,1H3,(H,19,25)/b13-7-. The lowest BCUT2D eigenvalue weighted by atomic mass is 10.1. The molecular weight excluding hydrogens is 340 g/mol. The number of ether oxygens (including phenoxy) is 3. The molecule has 2 aromatic carbocycles. The number of carbonyl (C=O) groups is 1. The van der Waals surface area contributed by atoms with E-state index in [0.717, 1.165) is 0 Å². The van der Waals surface area contributed by atoms with E-state index in [1.807, 2.05) is 30.3 Å². The summed E-state index contributed by atoms with van der Waals surface area (Å²) in [7, 11) is 1.56. The minimum absolute atomic E-state index is 0.168. The number of nitrogens with zero attached hydrogens (tertiary/aromatic N) is 1. The quantitative estimate of drug-likeness (QED) is 0.676. The van der Waals surface area contributed by atoms with Crippen LogP contribution < -0.4 is 24.4 Å². The van der Waals surface area contributed by atoms with Crippen LogP contribution in [0.25, 0.3) is 6.08 Å². The van der Waals surface area contributed by atoms with Crippen molar-refractivity contribution >= 4 is 35.0 Å². The lowest BCUT2D eigenvalue weighted by Gasteiger charge is -2.13. The van der Waals surface area contributed by atoms with Crippen LogP contribution in [0.15, 0.2) is 48.2 Å². The molecule has 0 aliphatic carbocycles. The molecule has 7 heteroatoms. The zero-order valence-electron chi connectivity index (χ0n) is 13.3. The van der Waals surface area contributed by atoms with Crippen LogP contribution in [-0.2, 0) is 4.79 Å². The molecule has 1 fully saturated rings. The molecule has 126 valence electrons. The molecule has 2 aliphatic rings. The third-order valence-corrected chi connectivity index (χ3v) is 4.20. The normalized spacial score (nSPS) is 17.2. The molecule has 0 bridgehead atoms. The van der Waals surface area contributed by atoms with Gasteiger partial charge in [0.05, 0.1) is 12.8 Å². The van der Waals surface area contributed by atoms with E-state index >= 15 is 0 Å². The Hall–Kier alpha value is -3.06. The van der Waals surface area contributed by atoms with Crippen molar-refractivity contribution in [1.82, 2.24) is 5.32 Å². The molecule has 6 nitrogen and oxygen atoms in total. The van der Waals surface area contributed by atoms with Crippen LogP contribution in [0.1, 0.15) is 5.56 Å². The summed E-state index contributed by atoms with van der Waals surface area (Å²) in [5.41, 5.74) is 1.78. The molecule has 0 radical (unpaired) electrons. The van der Waals surface area contributed by atoms with E-state index in [0.29, 0.717) is 39.3 Å². The summed E-state index contributed by atoms with van der Waals surface area (Å²) < 4.78 is 16.1. The van der Waals surface area contributed by atoms with Crippen molar-refractivity contribution in [3.05, 3.63) is 53.7 Å². The lowest BCUT2D eigenvalue weighted by Crippen LogP contribution is -2.30. The first-order valence-electron chi connectivity index (χ1n) is 7.57. The third kappa shape index (κ3) is 2.68. The molecule has 0 atom stereocenters. The highest BCUT2D eigenvalue weighted by atomic mass is 32.1. The second-order valence-corrected chi connectivity index (χ2v) is 5.80. The number of thiocarbonyl (C=S) groups is 1. The smallest absolute Gasteiger partial charge is 0.281 e. The molecule has 1 N–H and O–H groups in total. The number of para-hydroxylation sites is 1. The molecule has 1 amide bonds. The molecule has 0 aromatic heterocycles. The zero-order chi connectivity index (χ0) is 17.4. The Kier molecular flexibility index (Phi) is 3.77. The van der Waals surface area contributed by atoms with E-state index in [9.17, 15) is 4.79 Å². The first-order chi connectivity index (χ1) is 12.2. The number of rotatable bonds is 3. The first kappa shape index (κ1) is 15.5. The van der Waals surface area contributed by atoms with Gasteiger partial charge in [-0.1, -0.05) is 18.2 Å². The van der Waals surface area contributed by atoms with Gasteiger partial charge in [-0.05, 0) is 36.5 Å². The van der Waals surface area contributed by atoms with Crippen LogP contribution in [0.4, 0.5) is 5.69 Å². The molecule has 2 heterocycles. The van der Waals surface area contributed by atoms with Crippen molar-refractivity contribution in [2.24, 2.45) is 0 Å². The molecule has 0 spiro atoms. The molecule has 0 saturated carbocycles. The highest BCUT2D eigenvalue weighted by Gasteiger charge is 2.32. The van der Waals surface area contributed by atoms with E-state index in [1.165, 1.54) is 4.90 Å². The summed E-state index contributed by atoms with van der Waals surface area (Å²) >= 11 is 5.31. The number of amides is 1. The van der Waals surface area contributed by atoms with Crippen molar-refractivity contribution in [3.63, 3.8) is 0 Å². The average molecular weight is 354 g/mol. The van der Waals surface area contributed by atoms with Crippen molar-refractivity contribution in [3.8, 4) is 17.2 Å². The zero-order valence-corrected chi connectivity index (χ0v) is 14.1. The van der Waals surface area contributed by atoms with Gasteiger partial charge in [0, 0.05) is 11.6 Å². The Labute approximate surface area is 149 Å². The summed E-state index contributed by atoms with van der Waals surface area (Å²) in [6.45, 7) is 0.168. The van der Waals surface area contributed by atoms with Crippen LogP contribution >= 0.6 is 12.2 Å². The number of nitrogens with one attached hydrogen (secondary N) is 1. The molecule has 25 heavy (non-hydrogen) atoms. The van der Waals surface area contributed by atoms with Gasteiger partial charge in [-0.3, -0.25) is 9.69 Å². The van der Waals surface area contributed by atoms with Crippen molar-refractivity contribution in [2.75, 3.05) is 18.8 Å². The Morgan fingerprint density at radius 2 is 1.92 bits per heavy atom. The first-order valence-corrected chi connectivity index (χ1v) is 7.98. The second-order valence-electron chi connectivity index (χ2n) is 5.41. The van der Waals surface area contributed by atoms with Gasteiger partial charge in [0.15, 0.2) is 16.6 Å². The van der Waals surface area contributed by atoms with E-state index in [-0.39, 0.29) is 12.7 Å². The minimum Gasteiger partial charge on any atom is -0.496 e. The van der Waals surface area contributed by atoms with E-state index < -0.39 is 0 Å². The van der Waals surface area contributed by atoms with Crippen molar-refractivity contribution in [2.45, 2.75) is 0 Å². The second kappa shape index (κ2) is 6.10. The lowest BCUT2D eigenvalue weighted by molar-refractivity contribution is -0.113. The number of methoxy groups -OCH3 is 1. The van der Waals surface area contributed by atoms with Crippen LogP contribution in [0, 0.1) is 0 Å². The van der Waals surface area contributed by atoms with Gasteiger partial charge in [0.25, 0.3) is 5.91 Å². The summed E-state index contributed by atoms with van der Waals surface area (Å²) in [4.78, 5) is 14.2. The van der Waals surface area contributed by atoms with E-state index in [4.69, 9.17) is 26.4 Å². The number of benzene rings is 2. The van der Waals surface area contributed by atoms with E-state index in [1.54, 1.807) is 25.3 Å². The van der Waals surface area contributed by atoms with Gasteiger partial charge in [0.1, 0.15) is 11.4 Å². The fourth-order valence-corrected chi connectivity index (χ4v) is 3.03. The Morgan fingerprint density at radius 1 is 1.20 bits per heavy atom. The molecule has 4 rings (SSSR count). The van der Waals surface area contributed by atoms with Crippen molar-refractivity contribution in [1.29, 1.82) is 0 Å². The number of anilines is 1. The summed E-state index contributed by atoms with van der Waals surface area (Å²) in [5, 5.41) is 3.30. The highest BCUT2D eigenvalue weighted by molar-refractivity contribution is 7.80. The third-order valence-electron chi connectivity index (χ3n) is 3.92. The number of carbonyl (C=O) groups excluding carboxylic acids is 1. The van der Waals surface area contributed by atoms with Crippen LogP contribution in [0.5, 0.6) is 17.2 Å². The van der Waals surface area contributed by atoms with Crippen molar-refractivity contribution < 1.29 is 19.0 Å². The van der Waals surface area contributed by atoms with Crippen LogP contribution in [-0.4, -0.2) is 24.9 Å². The molecule has 2 aromatic rings. The van der Waals surface area contributed by atoms with Gasteiger partial charge in [-0.15, -0.1) is 0 Å². The molecular formula is C18H14N2O4S. The van der Waals surface area contributed by atoms with E-state index in [2.05, 4.69) is 5.32 Å². The van der Waals surface area contributed by atoms with Gasteiger partial charge in [0.2, 0.25) is 6.79 Å². The van der Waals surface area contributed by atoms with Gasteiger partial charge in [-0.2, -0.15) is 0 Å². The molecule has 0 unspecified atom stereocenters. The fraction of sp³-hybridized carbons (Fsp3) is 0.111. The molecule has 1 saturated heterocycles. The number of fused-ring (bicyclic) bond motifs is 1. The van der Waals surface area contributed by atoms with Crippen LogP contribution in [0.2, 0.25) is 0 Å². The maximum absolute atomic E-state index is 12.8. The summed E-state index contributed by atoms with van der Waals surface area (Å²) in [5.74, 6) is 1.58. The van der Waals surface area contributed by atoms with Gasteiger partial charge in [-0.25, -0.2) is 0 Å². The summed E-state index contributed by atoms with van der Waals surface area (Å²) in [6, 6.07) is 12.8. The largest absolute Gasteiger partial charge is 0.496 e. The SMILES string of the molecule is COc1cc2c(cc1/C=C1\NC(=S)N(c3ccccc3)C1=O)OCO2. The fourth-order valence-electron chi connectivity index (χ4n) is 2.73. The highest BCUT2D eigenvalue weighted by Crippen LogP contribution is 2.39. The number of hydrogen-bond acceptors (Lipinski definition) is 5.